The van der Waals surface area contributed by atoms with Crippen molar-refractivity contribution in [1.82, 2.24) is 0 Å². The monoisotopic (exact) mass is 680 g/mol. The second-order valence-electron chi connectivity index (χ2n) is 14.4. The molecular weight excluding hydrogens is 633 g/mol. The number of anilines is 4. The molecule has 2 aliphatic carbocycles. The van der Waals surface area contributed by atoms with Crippen LogP contribution in [0.15, 0.2) is 127 Å². The van der Waals surface area contributed by atoms with Crippen LogP contribution in [0.5, 0.6) is 0 Å². The molecule has 51 heavy (non-hydrogen) atoms. The smallest absolute Gasteiger partial charge is 0.101 e. The van der Waals surface area contributed by atoms with Gasteiger partial charge in [-0.25, -0.2) is 0 Å². The number of hydrogen-bond acceptors (Lipinski definition) is 6. The summed E-state index contributed by atoms with van der Waals surface area (Å²) in [7, 11) is 0. The summed E-state index contributed by atoms with van der Waals surface area (Å²) in [6, 6.07) is 44.3. The zero-order chi connectivity index (χ0) is 34.7. The van der Waals surface area contributed by atoms with Gasteiger partial charge >= 0.3 is 0 Å². The molecule has 4 aliphatic rings. The van der Waals surface area contributed by atoms with Gasteiger partial charge in [-0.2, -0.15) is 0 Å². The lowest BCUT2D eigenvalue weighted by molar-refractivity contribution is -0.0312. The van der Waals surface area contributed by atoms with Crippen LogP contribution < -0.4 is 9.80 Å². The Morgan fingerprint density at radius 3 is 1.27 bits per heavy atom. The Morgan fingerprint density at radius 2 is 0.843 bits per heavy atom. The van der Waals surface area contributed by atoms with Crippen LogP contribution in [0.25, 0.3) is 0 Å². The van der Waals surface area contributed by atoms with Crippen molar-refractivity contribution in [1.29, 1.82) is 0 Å². The zero-order valence-electron chi connectivity index (χ0n) is 29.1. The molecule has 2 saturated carbocycles. The second kappa shape index (κ2) is 15.0. The van der Waals surface area contributed by atoms with E-state index in [4.69, 9.17) is 4.74 Å². The Hall–Kier alpha value is -4.46. The number of rotatable bonds is 5. The van der Waals surface area contributed by atoms with Crippen LogP contribution in [-0.2, 0) is 37.0 Å². The third kappa shape index (κ3) is 6.82. The van der Waals surface area contributed by atoms with Gasteiger partial charge in [-0.15, -0.1) is 0 Å². The quantitative estimate of drug-likeness (QED) is 0.176. The number of ether oxygens (including phenoxy) is 1. The van der Waals surface area contributed by atoms with Crippen molar-refractivity contribution in [3.05, 3.63) is 155 Å². The van der Waals surface area contributed by atoms with Gasteiger partial charge in [0.15, 0.2) is 0 Å². The first-order chi connectivity index (χ1) is 25.1. The highest BCUT2D eigenvalue weighted by Gasteiger charge is 2.42. The summed E-state index contributed by atoms with van der Waals surface area (Å²) in [5, 5.41) is 31.7. The molecule has 9 rings (SSSR count). The fourth-order valence-corrected chi connectivity index (χ4v) is 8.73. The minimum absolute atomic E-state index is 0.0242. The summed E-state index contributed by atoms with van der Waals surface area (Å²) in [6.45, 7) is 0.544. The van der Waals surface area contributed by atoms with Crippen LogP contribution in [-0.4, -0.2) is 51.8 Å². The third-order valence-corrected chi connectivity index (χ3v) is 11.4. The van der Waals surface area contributed by atoms with Gasteiger partial charge in [0.25, 0.3) is 0 Å². The normalized spacial score (nSPS) is 25.0. The largest absolute Gasteiger partial charge is 0.390 e. The van der Waals surface area contributed by atoms with E-state index < -0.39 is 18.3 Å². The van der Waals surface area contributed by atoms with Gasteiger partial charge in [0.05, 0.1) is 30.9 Å². The lowest BCUT2D eigenvalue weighted by Gasteiger charge is -2.35. The number of fused-ring (bicyclic) bond motifs is 4. The van der Waals surface area contributed by atoms with Crippen LogP contribution in [0.1, 0.15) is 53.5 Å². The van der Waals surface area contributed by atoms with Gasteiger partial charge in [0, 0.05) is 22.7 Å². The first-order valence-electron chi connectivity index (χ1n) is 18.7. The van der Waals surface area contributed by atoms with Crippen molar-refractivity contribution >= 4 is 22.7 Å². The molecule has 0 unspecified atom stereocenters. The lowest BCUT2D eigenvalue weighted by Crippen LogP contribution is -2.42. The maximum Gasteiger partial charge on any atom is 0.101 e. The Morgan fingerprint density at radius 1 is 0.451 bits per heavy atom. The minimum Gasteiger partial charge on any atom is -0.390 e. The van der Waals surface area contributed by atoms with E-state index in [2.05, 4.69) is 119 Å². The Balaban J connectivity index is 0.000000152. The van der Waals surface area contributed by atoms with Gasteiger partial charge in [-0.1, -0.05) is 103 Å². The molecule has 0 aromatic heterocycles. The molecule has 0 saturated heterocycles. The van der Waals surface area contributed by atoms with Gasteiger partial charge in [-0.3, -0.25) is 0 Å². The molecule has 2 fully saturated rings. The van der Waals surface area contributed by atoms with Gasteiger partial charge in [0.1, 0.15) is 12.2 Å². The van der Waals surface area contributed by atoms with E-state index in [1.807, 2.05) is 18.2 Å². The average Bonchev–Trinajstić information content (AvgIpc) is 3.57. The number of aliphatic hydroxyl groups is 3. The molecule has 5 aromatic carbocycles. The fraction of sp³-hybridized carbons (Fsp3) is 0.333. The minimum atomic E-state index is -0.695. The van der Waals surface area contributed by atoms with Gasteiger partial charge < -0.3 is 29.9 Å². The Kier molecular flexibility index (Phi) is 9.92. The molecule has 0 spiro atoms. The van der Waals surface area contributed by atoms with Crippen molar-refractivity contribution in [2.75, 3.05) is 9.80 Å². The first kappa shape index (κ1) is 33.7. The molecule has 2 aliphatic heterocycles. The number of aliphatic hydroxyl groups excluding tert-OH is 3. The highest BCUT2D eigenvalue weighted by molar-refractivity contribution is 5.73. The summed E-state index contributed by atoms with van der Waals surface area (Å²) in [5.74, 6) is 0. The molecule has 0 bridgehead atoms. The second-order valence-corrected chi connectivity index (χ2v) is 14.4. The maximum absolute atomic E-state index is 11.3. The fourth-order valence-electron chi connectivity index (χ4n) is 8.73. The van der Waals surface area contributed by atoms with Crippen molar-refractivity contribution in [3.63, 3.8) is 0 Å². The van der Waals surface area contributed by atoms with Crippen LogP contribution in [0.4, 0.5) is 22.7 Å². The van der Waals surface area contributed by atoms with Crippen LogP contribution >= 0.6 is 0 Å². The van der Waals surface area contributed by atoms with E-state index in [1.54, 1.807) is 0 Å². The molecule has 6 heteroatoms. The standard InChI is InChI=1S/C26H27NO2.C19H21NO2/c28-26-24(16-17-25(26)29-18-19-8-2-1-3-9-19)27-22-12-6-4-10-20(22)14-15-21-11-5-7-13-23(21)27;21-18-12-11-17(19(18)22)20-15-7-3-1-5-13(15)9-10-14-6-2-4-8-16(14)20/h1-13,24-26,28H,14-18H2;1-8,17-19,21-22H,9-12H2/t24-,25-,26+;17-,18-,19+/m11/s1. The molecule has 5 aromatic rings. The topological polar surface area (TPSA) is 76.4 Å². The maximum atomic E-state index is 11.3. The third-order valence-electron chi connectivity index (χ3n) is 11.4. The van der Waals surface area contributed by atoms with Crippen molar-refractivity contribution in [3.8, 4) is 0 Å². The summed E-state index contributed by atoms with van der Waals surface area (Å²) >= 11 is 0. The summed E-state index contributed by atoms with van der Waals surface area (Å²) < 4.78 is 6.15. The average molecular weight is 681 g/mol. The highest BCUT2D eigenvalue weighted by Crippen LogP contribution is 2.43. The Labute approximate surface area is 301 Å². The number of benzene rings is 5. The van der Waals surface area contributed by atoms with Gasteiger partial charge in [0.2, 0.25) is 0 Å². The number of aryl methyl sites for hydroxylation is 4. The SMILES string of the molecule is O[C@@H]1[C@H](O)CC[C@H]1N1c2ccccc2CCc2ccccc21.O[C@H]1[C@H](N2c3ccccc3CCc3ccccc32)CC[C@H]1OCc1ccccc1. The van der Waals surface area contributed by atoms with E-state index in [0.717, 1.165) is 50.5 Å². The lowest BCUT2D eigenvalue weighted by atomic mass is 10.0. The van der Waals surface area contributed by atoms with E-state index in [1.165, 1.54) is 45.0 Å². The highest BCUT2D eigenvalue weighted by atomic mass is 16.5. The van der Waals surface area contributed by atoms with E-state index in [9.17, 15) is 15.3 Å². The van der Waals surface area contributed by atoms with E-state index in [0.29, 0.717) is 13.0 Å². The number of para-hydroxylation sites is 4. The van der Waals surface area contributed by atoms with Crippen LogP contribution in [0.2, 0.25) is 0 Å². The molecule has 0 radical (unpaired) electrons. The number of hydrogen-bond donors (Lipinski definition) is 3. The molecule has 6 atom stereocenters. The van der Waals surface area contributed by atoms with Gasteiger partial charge in [-0.05, 0) is 103 Å². The molecule has 6 nitrogen and oxygen atoms in total. The molecule has 2 heterocycles. The molecule has 0 amide bonds. The number of nitrogens with zero attached hydrogens (tertiary/aromatic N) is 2. The first-order valence-corrected chi connectivity index (χ1v) is 18.7. The van der Waals surface area contributed by atoms with Crippen molar-refractivity contribution in [2.45, 2.75) is 94.5 Å². The van der Waals surface area contributed by atoms with Crippen LogP contribution in [0.3, 0.4) is 0 Å². The molecular formula is C45H48N2O4. The predicted octanol–water partition coefficient (Wildman–Crippen LogP) is 7.84. The van der Waals surface area contributed by atoms with E-state index in [-0.39, 0.29) is 18.2 Å². The van der Waals surface area contributed by atoms with Crippen LogP contribution in [0, 0.1) is 0 Å². The molecule has 262 valence electrons. The summed E-state index contributed by atoms with van der Waals surface area (Å²) in [5.41, 5.74) is 11.3. The van der Waals surface area contributed by atoms with Crippen molar-refractivity contribution < 1.29 is 20.1 Å². The summed E-state index contributed by atoms with van der Waals surface area (Å²) in [6.07, 6.45) is 5.37. The zero-order valence-corrected chi connectivity index (χ0v) is 29.1. The Bertz CT molecular complexity index is 1840. The van der Waals surface area contributed by atoms with Crippen molar-refractivity contribution in [2.24, 2.45) is 0 Å². The predicted molar refractivity (Wildman–Crippen MR) is 204 cm³/mol. The van der Waals surface area contributed by atoms with E-state index >= 15 is 0 Å². The summed E-state index contributed by atoms with van der Waals surface area (Å²) in [4.78, 5) is 4.65. The molecule has 3 N–H and O–H groups in total.